The molecule has 0 spiro atoms. The number of nitrogens with two attached hydrogens (primary N) is 1. The van der Waals surface area contributed by atoms with Gasteiger partial charge in [-0.25, -0.2) is 9.97 Å². The fourth-order valence-electron chi connectivity index (χ4n) is 1.54. The van der Waals surface area contributed by atoms with Crippen LogP contribution in [0.15, 0.2) is 36.0 Å². The van der Waals surface area contributed by atoms with Gasteiger partial charge < -0.3 is 5.73 Å². The highest BCUT2D eigenvalue weighted by molar-refractivity contribution is 6.18. The Bertz CT molecular complexity index is 563. The molecule has 2 aromatic rings. The molecule has 2 aromatic heterocycles. The molecule has 0 saturated heterocycles. The average Bonchev–Trinajstić information content (AvgIpc) is 2.75. The lowest BCUT2D eigenvalue weighted by Gasteiger charge is -2.02. The van der Waals surface area contributed by atoms with E-state index in [9.17, 15) is 0 Å². The van der Waals surface area contributed by atoms with Gasteiger partial charge in [-0.15, -0.1) is 10.5 Å². The first-order valence-electron chi connectivity index (χ1n) is 4.66. The fraction of sp³-hybridized carbons (Fsp3) is 0. The molecule has 0 atom stereocenters. The monoisotopic (exact) mass is 211 g/mol. The van der Waals surface area contributed by atoms with Crippen LogP contribution in [0.1, 0.15) is 11.1 Å². The molecule has 3 rings (SSSR count). The summed E-state index contributed by atoms with van der Waals surface area (Å²) in [5, 5.41) is 4.05. The Morgan fingerprint density at radius 3 is 2.94 bits per heavy atom. The van der Waals surface area contributed by atoms with E-state index in [-0.39, 0.29) is 0 Å². The van der Waals surface area contributed by atoms with Gasteiger partial charge in [0, 0.05) is 18.0 Å². The number of nitrogen functional groups attached to an aromatic ring is 1. The molecule has 0 saturated carbocycles. The first-order chi connectivity index (χ1) is 7.86. The molecule has 6 nitrogen and oxygen atoms in total. The molecule has 0 fully saturated rings. The van der Waals surface area contributed by atoms with Crippen molar-refractivity contribution in [3.8, 4) is 0 Å². The van der Waals surface area contributed by atoms with E-state index in [4.69, 9.17) is 5.73 Å². The maximum Gasteiger partial charge on any atom is 0.189 e. The lowest BCUT2D eigenvalue weighted by atomic mass is 10.1. The summed E-state index contributed by atoms with van der Waals surface area (Å²) in [5.74, 6) is 0.889. The second-order valence-electron chi connectivity index (χ2n) is 3.25. The van der Waals surface area contributed by atoms with Crippen LogP contribution >= 0.6 is 0 Å². The normalized spacial score (nSPS) is 12.9. The van der Waals surface area contributed by atoms with Crippen LogP contribution in [-0.2, 0) is 0 Å². The van der Waals surface area contributed by atoms with E-state index in [0.717, 1.165) is 5.56 Å². The van der Waals surface area contributed by atoms with Crippen LogP contribution in [0, 0.1) is 0 Å². The van der Waals surface area contributed by atoms with Gasteiger partial charge in [-0.3, -0.25) is 4.98 Å². The zero-order valence-corrected chi connectivity index (χ0v) is 8.20. The van der Waals surface area contributed by atoms with Gasteiger partial charge in [-0.2, -0.15) is 0 Å². The van der Waals surface area contributed by atoms with Gasteiger partial charge in [0.15, 0.2) is 5.82 Å². The standard InChI is InChI=1S/C10H7N6/c11-9-7-8(6-2-1-3-12-4-6)15-16-10(7)14-5-13-9/h1-5H,(H2,11,13,14). The topological polar surface area (TPSA) is 91.2 Å². The number of nitrogens with zero attached hydrogens (tertiary/aromatic N) is 5. The summed E-state index contributed by atoms with van der Waals surface area (Å²) < 4.78 is 0. The van der Waals surface area contributed by atoms with E-state index >= 15 is 0 Å². The first kappa shape index (κ1) is 8.78. The molecular weight excluding hydrogens is 204 g/mol. The molecule has 0 aromatic carbocycles. The summed E-state index contributed by atoms with van der Waals surface area (Å²) in [6, 6.07) is 3.72. The molecule has 1 aliphatic rings. The van der Waals surface area contributed by atoms with Crippen LogP contribution in [0.25, 0.3) is 0 Å². The first-order valence-corrected chi connectivity index (χ1v) is 4.66. The predicted octanol–water partition coefficient (Wildman–Crippen LogP) is 0.456. The van der Waals surface area contributed by atoms with Crippen molar-refractivity contribution >= 4 is 17.3 Å². The van der Waals surface area contributed by atoms with Crippen LogP contribution in [0.4, 0.5) is 11.6 Å². The summed E-state index contributed by atoms with van der Waals surface area (Å²) in [6.45, 7) is 0. The minimum atomic E-state index is 0.383. The average molecular weight is 211 g/mol. The summed E-state index contributed by atoms with van der Waals surface area (Å²) >= 11 is 0. The Morgan fingerprint density at radius 1 is 1.19 bits per heavy atom. The SMILES string of the molecule is Nc1ncnc2c1C(c1cccnc1)=N[N]2. The Labute approximate surface area is 91.3 Å². The maximum atomic E-state index is 5.79. The van der Waals surface area contributed by atoms with Gasteiger partial charge in [0.05, 0.1) is 5.56 Å². The van der Waals surface area contributed by atoms with Gasteiger partial charge in [-0.05, 0) is 12.1 Å². The molecule has 0 unspecified atom stereocenters. The molecule has 0 bridgehead atoms. The third-order valence-electron chi connectivity index (χ3n) is 2.27. The van der Waals surface area contributed by atoms with Crippen LogP contribution in [0.5, 0.6) is 0 Å². The molecule has 16 heavy (non-hydrogen) atoms. The zero-order valence-electron chi connectivity index (χ0n) is 8.20. The van der Waals surface area contributed by atoms with Gasteiger partial charge in [0.25, 0.3) is 0 Å². The molecule has 6 heteroatoms. The van der Waals surface area contributed by atoms with Crippen molar-refractivity contribution < 1.29 is 0 Å². The third kappa shape index (κ3) is 1.20. The van der Waals surface area contributed by atoms with Crippen molar-refractivity contribution in [3.63, 3.8) is 0 Å². The number of hydrogen-bond donors (Lipinski definition) is 1. The number of anilines is 1. The van der Waals surface area contributed by atoms with Crippen molar-refractivity contribution in [1.29, 1.82) is 0 Å². The van der Waals surface area contributed by atoms with Crippen molar-refractivity contribution in [2.75, 3.05) is 5.73 Å². The molecule has 1 aliphatic heterocycles. The largest absolute Gasteiger partial charge is 0.383 e. The predicted molar refractivity (Wildman–Crippen MR) is 58.1 cm³/mol. The third-order valence-corrected chi connectivity index (χ3v) is 2.27. The van der Waals surface area contributed by atoms with E-state index in [1.165, 1.54) is 6.33 Å². The van der Waals surface area contributed by atoms with Crippen molar-refractivity contribution in [2.24, 2.45) is 5.10 Å². The number of pyridine rings is 1. The molecule has 1 radical (unpaired) electrons. The lowest BCUT2D eigenvalue weighted by molar-refractivity contribution is 0.938. The maximum absolute atomic E-state index is 5.79. The van der Waals surface area contributed by atoms with Crippen molar-refractivity contribution in [2.45, 2.75) is 0 Å². The minimum Gasteiger partial charge on any atom is -0.383 e. The number of rotatable bonds is 1. The van der Waals surface area contributed by atoms with Gasteiger partial charge in [0.1, 0.15) is 17.9 Å². The minimum absolute atomic E-state index is 0.383. The molecule has 3 heterocycles. The Hall–Kier alpha value is -2.50. The number of hydrogen-bond acceptors (Lipinski definition) is 5. The molecule has 0 amide bonds. The Kier molecular flexibility index (Phi) is 1.79. The van der Waals surface area contributed by atoms with E-state index in [1.807, 2.05) is 12.1 Å². The van der Waals surface area contributed by atoms with E-state index in [0.29, 0.717) is 22.9 Å². The summed E-state index contributed by atoms with van der Waals surface area (Å²) in [4.78, 5) is 12.0. The molecular formula is C10H7N6. The second-order valence-corrected chi connectivity index (χ2v) is 3.25. The van der Waals surface area contributed by atoms with E-state index in [1.54, 1.807) is 12.4 Å². The number of fused-ring (bicyclic) bond motifs is 1. The Morgan fingerprint density at radius 2 is 2.12 bits per heavy atom. The highest BCUT2D eigenvalue weighted by Crippen LogP contribution is 2.26. The van der Waals surface area contributed by atoms with E-state index < -0.39 is 0 Å². The molecule has 2 N–H and O–H groups in total. The zero-order chi connectivity index (χ0) is 11.0. The van der Waals surface area contributed by atoms with Gasteiger partial charge in [-0.1, -0.05) is 0 Å². The van der Waals surface area contributed by atoms with Crippen LogP contribution in [0.2, 0.25) is 0 Å². The van der Waals surface area contributed by atoms with Crippen molar-refractivity contribution in [3.05, 3.63) is 42.0 Å². The lowest BCUT2D eigenvalue weighted by Crippen LogP contribution is -2.06. The Balaban J connectivity index is 2.16. The highest BCUT2D eigenvalue weighted by atomic mass is 15.3. The van der Waals surface area contributed by atoms with Crippen LogP contribution in [0.3, 0.4) is 0 Å². The van der Waals surface area contributed by atoms with Crippen LogP contribution < -0.4 is 11.2 Å². The molecule has 77 valence electrons. The summed E-state index contributed by atoms with van der Waals surface area (Å²) in [5.41, 5.74) is 11.9. The summed E-state index contributed by atoms with van der Waals surface area (Å²) in [6.07, 6.45) is 4.77. The van der Waals surface area contributed by atoms with Gasteiger partial charge in [0.2, 0.25) is 0 Å². The summed E-state index contributed by atoms with van der Waals surface area (Å²) in [7, 11) is 0. The van der Waals surface area contributed by atoms with E-state index in [2.05, 4.69) is 25.5 Å². The fourth-order valence-corrected chi connectivity index (χ4v) is 1.54. The highest BCUT2D eigenvalue weighted by Gasteiger charge is 2.23. The van der Waals surface area contributed by atoms with Crippen molar-refractivity contribution in [1.82, 2.24) is 20.4 Å². The van der Waals surface area contributed by atoms with Gasteiger partial charge >= 0.3 is 0 Å². The quantitative estimate of drug-likeness (QED) is 0.741. The second kappa shape index (κ2) is 3.27. The van der Waals surface area contributed by atoms with Crippen LogP contribution in [-0.4, -0.2) is 20.7 Å². The number of aromatic nitrogens is 3. The smallest absolute Gasteiger partial charge is 0.189 e. The molecule has 0 aliphatic carbocycles.